The lowest BCUT2D eigenvalue weighted by atomic mass is 9.99. The van der Waals surface area contributed by atoms with Crippen molar-refractivity contribution in [3.8, 4) is 5.69 Å². The lowest BCUT2D eigenvalue weighted by Gasteiger charge is -2.19. The predicted octanol–water partition coefficient (Wildman–Crippen LogP) is 3.42. The molecule has 1 aliphatic carbocycles. The van der Waals surface area contributed by atoms with Gasteiger partial charge in [-0.25, -0.2) is 14.6 Å². The number of rotatable bonds is 3. The highest BCUT2D eigenvalue weighted by Crippen LogP contribution is 2.34. The highest BCUT2D eigenvalue weighted by atomic mass is 32.2. The molecule has 23 heavy (non-hydrogen) atoms. The summed E-state index contributed by atoms with van der Waals surface area (Å²) in [5.41, 5.74) is 1.74. The summed E-state index contributed by atoms with van der Waals surface area (Å²) < 4.78 is 1.81. The van der Waals surface area contributed by atoms with E-state index in [9.17, 15) is 4.79 Å². The lowest BCUT2D eigenvalue weighted by molar-refractivity contribution is -0.119. The van der Waals surface area contributed by atoms with Crippen molar-refractivity contribution in [2.75, 3.05) is 0 Å². The summed E-state index contributed by atoms with van der Waals surface area (Å²) in [4.78, 5) is 20.8. The molecule has 1 atom stereocenters. The number of carbonyl (C=O) groups is 1. The Bertz CT molecular complexity index is 846. The number of ketones is 1. The largest absolute Gasteiger partial charge is 0.298 e. The minimum atomic E-state index is 0.0157. The van der Waals surface area contributed by atoms with Crippen molar-refractivity contribution in [1.82, 2.24) is 19.7 Å². The van der Waals surface area contributed by atoms with E-state index in [1.54, 1.807) is 24.3 Å². The minimum absolute atomic E-state index is 0.0157. The third kappa shape index (κ3) is 2.74. The Morgan fingerprint density at radius 3 is 2.83 bits per heavy atom. The number of Topliss-reactive ketones (excluding diaryl/α,β-unsaturated/α-hetero) is 1. The van der Waals surface area contributed by atoms with Crippen molar-refractivity contribution in [1.29, 1.82) is 0 Å². The van der Waals surface area contributed by atoms with Gasteiger partial charge in [0.1, 0.15) is 17.1 Å². The molecule has 6 heteroatoms. The van der Waals surface area contributed by atoms with Gasteiger partial charge in [-0.2, -0.15) is 5.10 Å². The van der Waals surface area contributed by atoms with E-state index in [1.165, 1.54) is 0 Å². The topological polar surface area (TPSA) is 60.7 Å². The fourth-order valence-electron chi connectivity index (χ4n) is 2.89. The molecule has 0 spiro atoms. The molecule has 0 bridgehead atoms. The van der Waals surface area contributed by atoms with Crippen molar-refractivity contribution in [2.45, 2.75) is 36.0 Å². The molecule has 5 nitrogen and oxygen atoms in total. The summed E-state index contributed by atoms with van der Waals surface area (Å²) in [6.07, 6.45) is 7.09. The lowest BCUT2D eigenvalue weighted by Crippen LogP contribution is -2.21. The molecule has 1 fully saturated rings. The van der Waals surface area contributed by atoms with E-state index in [0.717, 1.165) is 41.0 Å². The Balaban J connectivity index is 1.72. The minimum Gasteiger partial charge on any atom is -0.298 e. The zero-order valence-corrected chi connectivity index (χ0v) is 13.4. The second-order valence-electron chi connectivity index (χ2n) is 5.63. The van der Waals surface area contributed by atoms with Gasteiger partial charge in [-0.15, -0.1) is 0 Å². The molecule has 116 valence electrons. The van der Waals surface area contributed by atoms with Crippen LogP contribution in [0.4, 0.5) is 0 Å². The van der Waals surface area contributed by atoms with Gasteiger partial charge < -0.3 is 0 Å². The molecule has 1 aliphatic rings. The van der Waals surface area contributed by atoms with E-state index in [0.29, 0.717) is 12.2 Å². The number of benzene rings is 1. The number of aromatic nitrogens is 4. The molecular weight excluding hydrogens is 308 g/mol. The SMILES string of the molecule is O=C1CCCCC1Sc1ncnc2c1cnn2-c1ccccc1. The van der Waals surface area contributed by atoms with Gasteiger partial charge in [0.25, 0.3) is 0 Å². The van der Waals surface area contributed by atoms with Gasteiger partial charge in [0.05, 0.1) is 22.5 Å². The molecule has 3 aromatic rings. The van der Waals surface area contributed by atoms with Crippen LogP contribution >= 0.6 is 11.8 Å². The monoisotopic (exact) mass is 324 g/mol. The summed E-state index contributed by atoms with van der Waals surface area (Å²) in [5, 5.41) is 6.22. The van der Waals surface area contributed by atoms with Crippen LogP contribution in [0.5, 0.6) is 0 Å². The van der Waals surface area contributed by atoms with Gasteiger partial charge in [-0.05, 0) is 25.0 Å². The van der Waals surface area contributed by atoms with E-state index in [1.807, 2.05) is 35.0 Å². The zero-order valence-electron chi connectivity index (χ0n) is 12.6. The van der Waals surface area contributed by atoms with E-state index >= 15 is 0 Å². The molecule has 1 saturated carbocycles. The quantitative estimate of drug-likeness (QED) is 0.691. The maximum atomic E-state index is 12.1. The van der Waals surface area contributed by atoms with E-state index in [-0.39, 0.29) is 5.25 Å². The van der Waals surface area contributed by atoms with E-state index < -0.39 is 0 Å². The Labute approximate surface area is 138 Å². The molecule has 0 aliphatic heterocycles. The summed E-state index contributed by atoms with van der Waals surface area (Å²) in [5.74, 6) is 0.337. The van der Waals surface area contributed by atoms with Gasteiger partial charge >= 0.3 is 0 Å². The first-order chi connectivity index (χ1) is 11.3. The summed E-state index contributed by atoms with van der Waals surface area (Å²) in [7, 11) is 0. The summed E-state index contributed by atoms with van der Waals surface area (Å²) in [6.45, 7) is 0. The van der Waals surface area contributed by atoms with Gasteiger partial charge in [0.15, 0.2) is 5.65 Å². The fourth-order valence-corrected chi connectivity index (χ4v) is 4.07. The molecule has 1 aromatic carbocycles. The van der Waals surface area contributed by atoms with Crippen LogP contribution in [-0.4, -0.2) is 30.8 Å². The smallest absolute Gasteiger partial charge is 0.167 e. The van der Waals surface area contributed by atoms with Crippen LogP contribution in [0.1, 0.15) is 25.7 Å². The second kappa shape index (κ2) is 6.12. The number of thioether (sulfide) groups is 1. The number of carbonyl (C=O) groups excluding carboxylic acids is 1. The zero-order chi connectivity index (χ0) is 15.6. The molecule has 0 saturated heterocycles. The molecule has 0 radical (unpaired) electrons. The van der Waals surface area contributed by atoms with E-state index in [4.69, 9.17) is 0 Å². The highest BCUT2D eigenvalue weighted by Gasteiger charge is 2.25. The molecule has 0 amide bonds. The third-order valence-corrected chi connectivity index (χ3v) is 5.41. The molecular formula is C17H16N4OS. The third-order valence-electron chi connectivity index (χ3n) is 4.08. The van der Waals surface area contributed by atoms with Gasteiger partial charge in [0, 0.05) is 6.42 Å². The number of hydrogen-bond acceptors (Lipinski definition) is 5. The number of hydrogen-bond donors (Lipinski definition) is 0. The van der Waals surface area contributed by atoms with Gasteiger partial charge in [-0.1, -0.05) is 36.4 Å². The van der Waals surface area contributed by atoms with Crippen LogP contribution in [-0.2, 0) is 4.79 Å². The number of nitrogens with zero attached hydrogens (tertiary/aromatic N) is 4. The number of fused-ring (bicyclic) bond motifs is 1. The molecule has 2 aromatic heterocycles. The van der Waals surface area contributed by atoms with Crippen LogP contribution in [0.2, 0.25) is 0 Å². The number of para-hydroxylation sites is 1. The Kier molecular flexibility index (Phi) is 3.83. The average Bonchev–Trinajstić information content (AvgIpc) is 3.03. The first-order valence-corrected chi connectivity index (χ1v) is 8.64. The van der Waals surface area contributed by atoms with Crippen molar-refractivity contribution in [3.05, 3.63) is 42.9 Å². The maximum Gasteiger partial charge on any atom is 0.167 e. The first kappa shape index (κ1) is 14.4. The van der Waals surface area contributed by atoms with Crippen LogP contribution < -0.4 is 0 Å². The highest BCUT2D eigenvalue weighted by molar-refractivity contribution is 8.00. The molecule has 2 heterocycles. The van der Waals surface area contributed by atoms with E-state index in [2.05, 4.69) is 15.1 Å². The van der Waals surface area contributed by atoms with Crippen LogP contribution in [0.25, 0.3) is 16.7 Å². The summed E-state index contributed by atoms with van der Waals surface area (Å²) in [6, 6.07) is 9.90. The van der Waals surface area contributed by atoms with Crippen LogP contribution in [0.3, 0.4) is 0 Å². The summed E-state index contributed by atoms with van der Waals surface area (Å²) >= 11 is 1.56. The molecule has 4 rings (SSSR count). The first-order valence-electron chi connectivity index (χ1n) is 7.76. The maximum absolute atomic E-state index is 12.1. The normalized spacial score (nSPS) is 18.4. The van der Waals surface area contributed by atoms with Crippen molar-refractivity contribution in [2.24, 2.45) is 0 Å². The van der Waals surface area contributed by atoms with Crippen molar-refractivity contribution < 1.29 is 4.79 Å². The van der Waals surface area contributed by atoms with Crippen molar-refractivity contribution in [3.63, 3.8) is 0 Å². The molecule has 1 unspecified atom stereocenters. The Morgan fingerprint density at radius 2 is 2.00 bits per heavy atom. The predicted molar refractivity (Wildman–Crippen MR) is 89.8 cm³/mol. The van der Waals surface area contributed by atoms with Crippen LogP contribution in [0, 0.1) is 0 Å². The average molecular weight is 324 g/mol. The molecule has 0 N–H and O–H groups in total. The Morgan fingerprint density at radius 1 is 1.13 bits per heavy atom. The standard InChI is InChI=1S/C17H16N4OS/c22-14-8-4-5-9-15(14)23-17-13-10-20-21(16(13)18-11-19-17)12-6-2-1-3-7-12/h1-3,6-7,10-11,15H,4-5,8-9H2. The Hall–Kier alpha value is -2.21. The van der Waals surface area contributed by atoms with Gasteiger partial charge in [-0.3, -0.25) is 4.79 Å². The van der Waals surface area contributed by atoms with Gasteiger partial charge in [0.2, 0.25) is 0 Å². The second-order valence-corrected chi connectivity index (χ2v) is 6.82. The van der Waals surface area contributed by atoms with Crippen LogP contribution in [0.15, 0.2) is 47.9 Å². The van der Waals surface area contributed by atoms with Crippen molar-refractivity contribution >= 4 is 28.6 Å². The fraction of sp³-hybridized carbons (Fsp3) is 0.294.